The van der Waals surface area contributed by atoms with Crippen LogP contribution in [0, 0.1) is 17.5 Å². The van der Waals surface area contributed by atoms with Crippen molar-refractivity contribution in [1.82, 2.24) is 4.90 Å². The molecule has 0 radical (unpaired) electrons. The van der Waals surface area contributed by atoms with Crippen LogP contribution in [0.3, 0.4) is 0 Å². The highest BCUT2D eigenvalue weighted by molar-refractivity contribution is 5.84. The molecule has 0 spiro atoms. The predicted octanol–water partition coefficient (Wildman–Crippen LogP) is 2.77. The van der Waals surface area contributed by atoms with Crippen molar-refractivity contribution >= 4 is 11.6 Å². The second kappa shape index (κ2) is 6.45. The van der Waals surface area contributed by atoms with Gasteiger partial charge in [-0.15, -0.1) is 0 Å². The molecule has 0 aliphatic carbocycles. The van der Waals surface area contributed by atoms with Gasteiger partial charge in [-0.3, -0.25) is 4.79 Å². The molecule has 1 aromatic rings. The van der Waals surface area contributed by atoms with Crippen LogP contribution in [0.4, 0.5) is 18.9 Å². The fourth-order valence-corrected chi connectivity index (χ4v) is 1.74. The fourth-order valence-electron chi connectivity index (χ4n) is 1.74. The van der Waals surface area contributed by atoms with E-state index in [0.29, 0.717) is 13.1 Å². The lowest BCUT2D eigenvalue weighted by molar-refractivity contribution is -0.131. The highest BCUT2D eigenvalue weighted by atomic mass is 19.2. The quantitative estimate of drug-likeness (QED) is 0.837. The predicted molar refractivity (Wildman–Crippen MR) is 67.3 cm³/mol. The van der Waals surface area contributed by atoms with Gasteiger partial charge >= 0.3 is 0 Å². The van der Waals surface area contributed by atoms with E-state index < -0.39 is 23.5 Å². The van der Waals surface area contributed by atoms with Crippen LogP contribution in [0.25, 0.3) is 0 Å². The summed E-state index contributed by atoms with van der Waals surface area (Å²) < 4.78 is 39.3. The number of anilines is 1. The molecule has 0 heterocycles. The Morgan fingerprint density at radius 3 is 2.32 bits per heavy atom. The van der Waals surface area contributed by atoms with Crippen molar-refractivity contribution in [1.29, 1.82) is 0 Å². The molecule has 1 rings (SSSR count). The Bertz CT molecular complexity index is 461. The average molecular weight is 274 g/mol. The number of hydrogen-bond acceptors (Lipinski definition) is 2. The molecule has 6 heteroatoms. The summed E-state index contributed by atoms with van der Waals surface area (Å²) in [5.74, 6) is -4.36. The van der Waals surface area contributed by atoms with Gasteiger partial charge in [0.1, 0.15) is 6.04 Å². The summed E-state index contributed by atoms with van der Waals surface area (Å²) in [5.41, 5.74) is -0.230. The maximum atomic E-state index is 13.4. The van der Waals surface area contributed by atoms with Gasteiger partial charge in [0.15, 0.2) is 17.5 Å². The number of carbonyl (C=O) groups is 1. The number of amides is 1. The minimum absolute atomic E-state index is 0.228. The van der Waals surface area contributed by atoms with E-state index in [1.807, 2.05) is 13.8 Å². The van der Waals surface area contributed by atoms with E-state index in [2.05, 4.69) is 5.32 Å². The first-order valence-corrected chi connectivity index (χ1v) is 6.11. The molecule has 1 N–H and O–H groups in total. The first kappa shape index (κ1) is 15.3. The van der Waals surface area contributed by atoms with Gasteiger partial charge in [-0.25, -0.2) is 13.2 Å². The number of carbonyl (C=O) groups excluding carboxylic acids is 1. The first-order chi connectivity index (χ1) is 8.92. The highest BCUT2D eigenvalue weighted by Gasteiger charge is 2.21. The standard InChI is InChI=1S/C13H17F3N2O/c1-4-18(5-2)13(19)8(3)17-10-7-6-9(14)11(15)12(10)16/h6-8,17H,4-5H2,1-3H3. The normalized spacial score (nSPS) is 12.1. The Morgan fingerprint density at radius 1 is 1.21 bits per heavy atom. The van der Waals surface area contributed by atoms with E-state index in [4.69, 9.17) is 0 Å². The first-order valence-electron chi connectivity index (χ1n) is 6.11. The van der Waals surface area contributed by atoms with Gasteiger partial charge in [-0.1, -0.05) is 0 Å². The molecular weight excluding hydrogens is 257 g/mol. The minimum Gasteiger partial charge on any atom is -0.371 e. The van der Waals surface area contributed by atoms with Crippen LogP contribution in [-0.2, 0) is 4.79 Å². The molecule has 1 aromatic carbocycles. The molecule has 0 bridgehead atoms. The maximum Gasteiger partial charge on any atom is 0.244 e. The maximum absolute atomic E-state index is 13.4. The van der Waals surface area contributed by atoms with Crippen LogP contribution in [0.2, 0.25) is 0 Å². The number of halogens is 3. The minimum atomic E-state index is -1.55. The van der Waals surface area contributed by atoms with Crippen molar-refractivity contribution in [2.75, 3.05) is 18.4 Å². The van der Waals surface area contributed by atoms with Crippen LogP contribution >= 0.6 is 0 Å². The molecule has 1 amide bonds. The highest BCUT2D eigenvalue weighted by Crippen LogP contribution is 2.20. The van der Waals surface area contributed by atoms with Crippen molar-refractivity contribution in [2.45, 2.75) is 26.8 Å². The number of rotatable bonds is 5. The second-order valence-electron chi connectivity index (χ2n) is 4.10. The zero-order valence-electron chi connectivity index (χ0n) is 11.1. The number of likely N-dealkylation sites (N-methyl/N-ethyl adjacent to an activating group) is 1. The van der Waals surface area contributed by atoms with E-state index in [1.54, 1.807) is 11.8 Å². The summed E-state index contributed by atoms with van der Waals surface area (Å²) in [6.45, 7) is 6.25. The van der Waals surface area contributed by atoms with Crippen molar-refractivity contribution in [2.24, 2.45) is 0 Å². The van der Waals surface area contributed by atoms with Gasteiger partial charge in [0.25, 0.3) is 0 Å². The van der Waals surface area contributed by atoms with E-state index in [-0.39, 0.29) is 11.6 Å². The van der Waals surface area contributed by atoms with Crippen LogP contribution in [0.1, 0.15) is 20.8 Å². The van der Waals surface area contributed by atoms with Crippen LogP contribution < -0.4 is 5.32 Å². The Labute approximate surface area is 110 Å². The average Bonchev–Trinajstić information content (AvgIpc) is 2.40. The van der Waals surface area contributed by atoms with Gasteiger partial charge in [-0.2, -0.15) is 0 Å². The van der Waals surface area contributed by atoms with Gasteiger partial charge in [0.05, 0.1) is 5.69 Å². The van der Waals surface area contributed by atoms with Crippen molar-refractivity contribution < 1.29 is 18.0 Å². The molecule has 0 saturated heterocycles. The number of benzene rings is 1. The lowest BCUT2D eigenvalue weighted by Crippen LogP contribution is -2.41. The lowest BCUT2D eigenvalue weighted by atomic mass is 10.2. The van der Waals surface area contributed by atoms with E-state index in [9.17, 15) is 18.0 Å². The molecule has 0 aliphatic rings. The third-order valence-corrected chi connectivity index (χ3v) is 2.85. The van der Waals surface area contributed by atoms with Crippen LogP contribution in [0.5, 0.6) is 0 Å². The number of nitrogens with zero attached hydrogens (tertiary/aromatic N) is 1. The summed E-state index contributed by atoms with van der Waals surface area (Å²) in [6.07, 6.45) is 0. The van der Waals surface area contributed by atoms with Gasteiger partial charge in [0.2, 0.25) is 5.91 Å². The molecule has 1 unspecified atom stereocenters. The Kier molecular flexibility index (Phi) is 5.20. The van der Waals surface area contributed by atoms with E-state index in [1.165, 1.54) is 0 Å². The third kappa shape index (κ3) is 3.39. The zero-order chi connectivity index (χ0) is 14.6. The molecule has 106 valence electrons. The van der Waals surface area contributed by atoms with E-state index in [0.717, 1.165) is 12.1 Å². The van der Waals surface area contributed by atoms with Crippen molar-refractivity contribution in [3.05, 3.63) is 29.6 Å². The Hall–Kier alpha value is -1.72. The second-order valence-corrected chi connectivity index (χ2v) is 4.10. The smallest absolute Gasteiger partial charge is 0.244 e. The van der Waals surface area contributed by atoms with Crippen LogP contribution in [-0.4, -0.2) is 29.9 Å². The van der Waals surface area contributed by atoms with Gasteiger partial charge in [0, 0.05) is 13.1 Å². The summed E-state index contributed by atoms with van der Waals surface area (Å²) >= 11 is 0. The summed E-state index contributed by atoms with van der Waals surface area (Å²) in [6, 6.07) is 1.16. The Morgan fingerprint density at radius 2 is 1.79 bits per heavy atom. The summed E-state index contributed by atoms with van der Waals surface area (Å²) in [5, 5.41) is 2.55. The fraction of sp³-hybridized carbons (Fsp3) is 0.462. The van der Waals surface area contributed by atoms with Crippen LogP contribution in [0.15, 0.2) is 12.1 Å². The summed E-state index contributed by atoms with van der Waals surface area (Å²) in [4.78, 5) is 13.5. The monoisotopic (exact) mass is 274 g/mol. The van der Waals surface area contributed by atoms with E-state index >= 15 is 0 Å². The van der Waals surface area contributed by atoms with Gasteiger partial charge < -0.3 is 10.2 Å². The molecule has 1 atom stereocenters. The zero-order valence-corrected chi connectivity index (χ0v) is 11.1. The van der Waals surface area contributed by atoms with Crippen molar-refractivity contribution in [3.63, 3.8) is 0 Å². The molecular formula is C13H17F3N2O. The molecule has 19 heavy (non-hydrogen) atoms. The summed E-state index contributed by atoms with van der Waals surface area (Å²) in [7, 11) is 0. The SMILES string of the molecule is CCN(CC)C(=O)C(C)Nc1ccc(F)c(F)c1F. The largest absolute Gasteiger partial charge is 0.371 e. The third-order valence-electron chi connectivity index (χ3n) is 2.85. The van der Waals surface area contributed by atoms with Crippen molar-refractivity contribution in [3.8, 4) is 0 Å². The topological polar surface area (TPSA) is 32.3 Å². The molecule has 0 saturated carbocycles. The molecule has 0 aliphatic heterocycles. The van der Waals surface area contributed by atoms with Gasteiger partial charge in [-0.05, 0) is 32.9 Å². The molecule has 3 nitrogen and oxygen atoms in total. The molecule has 0 aromatic heterocycles. The number of hydrogen-bond donors (Lipinski definition) is 1. The number of nitrogens with one attached hydrogen (secondary N) is 1. The lowest BCUT2D eigenvalue weighted by Gasteiger charge is -2.24. The Balaban J connectivity index is 2.85. The molecule has 0 fully saturated rings.